The van der Waals surface area contributed by atoms with Crippen LogP contribution >= 0.6 is 11.8 Å². The average molecular weight is 227 g/mol. The second-order valence-corrected chi connectivity index (χ2v) is 5.07. The molecule has 3 nitrogen and oxygen atoms in total. The summed E-state index contributed by atoms with van der Waals surface area (Å²) in [6.07, 6.45) is 6.02. The lowest BCUT2D eigenvalue weighted by Gasteiger charge is -2.05. The lowest BCUT2D eigenvalue weighted by molar-refractivity contribution is 0.642. The molecule has 1 heterocycles. The Morgan fingerprint density at radius 3 is 3.00 bits per heavy atom. The molecule has 1 rings (SSSR count). The SMILES string of the molecule is CCSCCn1cc(CC(N)CC)cn1. The van der Waals surface area contributed by atoms with Crippen LogP contribution in [-0.2, 0) is 13.0 Å². The van der Waals surface area contributed by atoms with E-state index in [1.54, 1.807) is 0 Å². The zero-order valence-electron chi connectivity index (χ0n) is 9.65. The van der Waals surface area contributed by atoms with E-state index < -0.39 is 0 Å². The van der Waals surface area contributed by atoms with Gasteiger partial charge in [0.05, 0.1) is 6.20 Å². The standard InChI is InChI=1S/C11H21N3S/c1-3-11(12)7-10-8-13-14(9-10)5-6-15-4-2/h8-9,11H,3-7,12H2,1-2H3. The second-order valence-electron chi connectivity index (χ2n) is 3.68. The van der Waals surface area contributed by atoms with E-state index >= 15 is 0 Å². The Balaban J connectivity index is 2.35. The molecule has 0 saturated heterocycles. The first kappa shape index (κ1) is 12.6. The van der Waals surface area contributed by atoms with Crippen molar-refractivity contribution in [3.05, 3.63) is 18.0 Å². The molecule has 2 N–H and O–H groups in total. The minimum absolute atomic E-state index is 0.271. The Morgan fingerprint density at radius 2 is 2.33 bits per heavy atom. The summed E-state index contributed by atoms with van der Waals surface area (Å²) in [4.78, 5) is 0. The van der Waals surface area contributed by atoms with Crippen LogP contribution in [0.5, 0.6) is 0 Å². The van der Waals surface area contributed by atoms with Crippen LogP contribution in [-0.4, -0.2) is 27.3 Å². The summed E-state index contributed by atoms with van der Waals surface area (Å²) >= 11 is 1.95. The first-order valence-electron chi connectivity index (χ1n) is 5.60. The number of hydrogen-bond acceptors (Lipinski definition) is 3. The number of nitrogens with two attached hydrogens (primary N) is 1. The monoisotopic (exact) mass is 227 g/mol. The molecule has 0 aliphatic heterocycles. The van der Waals surface area contributed by atoms with Crippen molar-refractivity contribution >= 4 is 11.8 Å². The van der Waals surface area contributed by atoms with Crippen LogP contribution in [0.1, 0.15) is 25.8 Å². The van der Waals surface area contributed by atoms with E-state index in [0.717, 1.165) is 25.1 Å². The molecular formula is C11H21N3S. The summed E-state index contributed by atoms with van der Waals surface area (Å²) in [5.41, 5.74) is 7.15. The van der Waals surface area contributed by atoms with E-state index in [2.05, 4.69) is 25.1 Å². The molecule has 0 saturated carbocycles. The van der Waals surface area contributed by atoms with Crippen molar-refractivity contribution in [2.75, 3.05) is 11.5 Å². The van der Waals surface area contributed by atoms with E-state index in [1.165, 1.54) is 11.3 Å². The summed E-state index contributed by atoms with van der Waals surface area (Å²) in [6.45, 7) is 5.30. The zero-order valence-corrected chi connectivity index (χ0v) is 10.5. The van der Waals surface area contributed by atoms with Crippen molar-refractivity contribution in [3.8, 4) is 0 Å². The maximum Gasteiger partial charge on any atom is 0.0522 e. The quantitative estimate of drug-likeness (QED) is 0.724. The highest BCUT2D eigenvalue weighted by Gasteiger charge is 2.03. The van der Waals surface area contributed by atoms with Gasteiger partial charge in [-0.25, -0.2) is 0 Å². The molecule has 0 aromatic carbocycles. The maximum atomic E-state index is 5.89. The number of nitrogens with zero attached hydrogens (tertiary/aromatic N) is 2. The molecule has 0 fully saturated rings. The highest BCUT2D eigenvalue weighted by Crippen LogP contribution is 2.05. The smallest absolute Gasteiger partial charge is 0.0522 e. The Hall–Kier alpha value is -0.480. The van der Waals surface area contributed by atoms with Crippen LogP contribution in [0.2, 0.25) is 0 Å². The molecule has 86 valence electrons. The molecule has 0 amide bonds. The van der Waals surface area contributed by atoms with E-state index in [-0.39, 0.29) is 6.04 Å². The Labute approximate surface area is 96.4 Å². The van der Waals surface area contributed by atoms with Gasteiger partial charge in [0.1, 0.15) is 0 Å². The third kappa shape index (κ3) is 4.71. The van der Waals surface area contributed by atoms with Gasteiger partial charge in [0, 0.05) is 24.5 Å². The third-order valence-corrected chi connectivity index (χ3v) is 3.26. The van der Waals surface area contributed by atoms with Crippen LogP contribution in [0.25, 0.3) is 0 Å². The fourth-order valence-electron chi connectivity index (χ4n) is 1.38. The zero-order chi connectivity index (χ0) is 11.1. The third-order valence-electron chi connectivity index (χ3n) is 2.38. The minimum atomic E-state index is 0.271. The highest BCUT2D eigenvalue weighted by atomic mass is 32.2. The van der Waals surface area contributed by atoms with Crippen molar-refractivity contribution in [2.24, 2.45) is 5.73 Å². The predicted octanol–water partition coefficient (Wildman–Crippen LogP) is 1.92. The van der Waals surface area contributed by atoms with Crippen molar-refractivity contribution in [1.29, 1.82) is 0 Å². The molecule has 0 aliphatic rings. The van der Waals surface area contributed by atoms with Crippen LogP contribution in [0.15, 0.2) is 12.4 Å². The number of aromatic nitrogens is 2. The summed E-state index contributed by atoms with van der Waals surface area (Å²) in [5.74, 6) is 2.31. The molecule has 1 aromatic rings. The molecule has 0 spiro atoms. The molecule has 1 unspecified atom stereocenters. The molecule has 4 heteroatoms. The summed E-state index contributed by atoms with van der Waals surface area (Å²) in [5, 5.41) is 4.32. The van der Waals surface area contributed by atoms with Crippen molar-refractivity contribution < 1.29 is 0 Å². The molecule has 0 radical (unpaired) electrons. The number of rotatable bonds is 7. The Morgan fingerprint density at radius 1 is 1.53 bits per heavy atom. The van der Waals surface area contributed by atoms with Gasteiger partial charge in [-0.1, -0.05) is 13.8 Å². The Kier molecular flexibility index (Phi) is 5.79. The maximum absolute atomic E-state index is 5.89. The second kappa shape index (κ2) is 6.90. The van der Waals surface area contributed by atoms with Gasteiger partial charge in [0.25, 0.3) is 0 Å². The summed E-state index contributed by atoms with van der Waals surface area (Å²) in [6, 6.07) is 0.271. The van der Waals surface area contributed by atoms with Gasteiger partial charge in [0.2, 0.25) is 0 Å². The van der Waals surface area contributed by atoms with Gasteiger partial charge >= 0.3 is 0 Å². The van der Waals surface area contributed by atoms with Crippen molar-refractivity contribution in [2.45, 2.75) is 39.3 Å². The van der Waals surface area contributed by atoms with Crippen LogP contribution in [0.4, 0.5) is 0 Å². The lowest BCUT2D eigenvalue weighted by Crippen LogP contribution is -2.21. The van der Waals surface area contributed by atoms with Crippen molar-refractivity contribution in [1.82, 2.24) is 9.78 Å². The molecular weight excluding hydrogens is 206 g/mol. The first-order valence-corrected chi connectivity index (χ1v) is 6.76. The van der Waals surface area contributed by atoms with Gasteiger partial charge in [0.15, 0.2) is 0 Å². The van der Waals surface area contributed by atoms with E-state index in [1.807, 2.05) is 22.6 Å². The molecule has 1 aromatic heterocycles. The van der Waals surface area contributed by atoms with E-state index in [0.29, 0.717) is 0 Å². The van der Waals surface area contributed by atoms with Gasteiger partial charge in [-0.2, -0.15) is 16.9 Å². The number of hydrogen-bond donors (Lipinski definition) is 1. The van der Waals surface area contributed by atoms with Crippen LogP contribution in [0, 0.1) is 0 Å². The molecule has 0 aliphatic carbocycles. The molecule has 15 heavy (non-hydrogen) atoms. The normalized spacial score (nSPS) is 13.0. The Bertz CT molecular complexity index is 273. The van der Waals surface area contributed by atoms with Gasteiger partial charge in [-0.3, -0.25) is 4.68 Å². The van der Waals surface area contributed by atoms with E-state index in [9.17, 15) is 0 Å². The summed E-state index contributed by atoms with van der Waals surface area (Å²) in [7, 11) is 0. The lowest BCUT2D eigenvalue weighted by atomic mass is 10.1. The van der Waals surface area contributed by atoms with Gasteiger partial charge in [-0.15, -0.1) is 0 Å². The average Bonchev–Trinajstić information content (AvgIpc) is 2.66. The summed E-state index contributed by atoms with van der Waals surface area (Å²) < 4.78 is 2.01. The van der Waals surface area contributed by atoms with Crippen LogP contribution < -0.4 is 5.73 Å². The number of aryl methyl sites for hydroxylation is 1. The highest BCUT2D eigenvalue weighted by molar-refractivity contribution is 7.99. The topological polar surface area (TPSA) is 43.8 Å². The number of thioether (sulfide) groups is 1. The van der Waals surface area contributed by atoms with E-state index in [4.69, 9.17) is 5.73 Å². The molecule has 0 bridgehead atoms. The van der Waals surface area contributed by atoms with Gasteiger partial charge in [-0.05, 0) is 24.2 Å². The largest absolute Gasteiger partial charge is 0.327 e. The minimum Gasteiger partial charge on any atom is -0.327 e. The first-order chi connectivity index (χ1) is 7.26. The van der Waals surface area contributed by atoms with Crippen LogP contribution in [0.3, 0.4) is 0 Å². The molecule has 1 atom stereocenters. The predicted molar refractivity (Wildman–Crippen MR) is 67.2 cm³/mol. The van der Waals surface area contributed by atoms with Gasteiger partial charge < -0.3 is 5.73 Å². The fourth-order valence-corrected chi connectivity index (χ4v) is 1.99. The van der Waals surface area contributed by atoms with Crippen molar-refractivity contribution in [3.63, 3.8) is 0 Å². The fraction of sp³-hybridized carbons (Fsp3) is 0.727.